The molecule has 0 aliphatic rings. The molecule has 2 N–H and O–H groups in total. The predicted octanol–water partition coefficient (Wildman–Crippen LogP) is 4.07. The van der Waals surface area contributed by atoms with Crippen molar-refractivity contribution in [1.29, 1.82) is 0 Å². The van der Waals surface area contributed by atoms with Crippen LogP contribution in [0.25, 0.3) is 0 Å². The van der Waals surface area contributed by atoms with Gasteiger partial charge in [-0.25, -0.2) is 4.79 Å². The van der Waals surface area contributed by atoms with Crippen LogP contribution < -0.4 is 5.32 Å². The van der Waals surface area contributed by atoms with Gasteiger partial charge in [-0.15, -0.1) is 0 Å². The molecular weight excluding hydrogens is 384 g/mol. The van der Waals surface area contributed by atoms with E-state index in [9.17, 15) is 14.4 Å². The number of carbonyl (C=O) groups excluding carboxylic acids is 2. The zero-order valence-electron chi connectivity index (χ0n) is 18.6. The Bertz CT molecular complexity index is 649. The molecular formula is C23H36N2O5. The van der Waals surface area contributed by atoms with Crippen LogP contribution >= 0.6 is 0 Å². The van der Waals surface area contributed by atoms with Gasteiger partial charge in [0.05, 0.1) is 0 Å². The monoisotopic (exact) mass is 420 g/mol. The predicted molar refractivity (Wildman–Crippen MR) is 116 cm³/mol. The fourth-order valence-corrected chi connectivity index (χ4v) is 2.81. The van der Waals surface area contributed by atoms with Gasteiger partial charge in [-0.3, -0.25) is 9.59 Å². The summed E-state index contributed by atoms with van der Waals surface area (Å²) in [4.78, 5) is 38.2. The summed E-state index contributed by atoms with van der Waals surface area (Å²) < 4.78 is 5.22. The van der Waals surface area contributed by atoms with Crippen molar-refractivity contribution < 1.29 is 24.2 Å². The van der Waals surface area contributed by atoms with Gasteiger partial charge in [-0.2, -0.15) is 0 Å². The highest BCUT2D eigenvalue weighted by molar-refractivity contribution is 5.86. The minimum atomic E-state index is -1.01. The summed E-state index contributed by atoms with van der Waals surface area (Å²) in [6.07, 6.45) is 0.767. The molecule has 0 radical (unpaired) electrons. The second kappa shape index (κ2) is 13.6. The standard InChI is InChI=1S/C23H36N2O5/c1-17(2)12-14-25(15-13-18(3)4)22(28)20(10-11-21(26)27)24-23(29)30-16-19-8-6-5-7-9-19/h5-9,17-18,20H,10-16H2,1-4H3,(H,24,29)(H,26,27)/t20-/m0/s1. The SMILES string of the molecule is CC(C)CCN(CCC(C)C)C(=O)[C@H](CCC(=O)O)NC(=O)OCc1ccccc1. The average molecular weight is 421 g/mol. The fourth-order valence-electron chi connectivity index (χ4n) is 2.81. The second-order valence-corrected chi connectivity index (χ2v) is 8.38. The maximum atomic E-state index is 13.2. The van der Waals surface area contributed by atoms with Crippen LogP contribution in [-0.4, -0.2) is 47.1 Å². The van der Waals surface area contributed by atoms with Crippen LogP contribution in [0.2, 0.25) is 0 Å². The first-order chi connectivity index (χ1) is 14.2. The first-order valence-corrected chi connectivity index (χ1v) is 10.7. The van der Waals surface area contributed by atoms with Crippen molar-refractivity contribution in [2.24, 2.45) is 11.8 Å². The van der Waals surface area contributed by atoms with E-state index in [0.29, 0.717) is 24.9 Å². The second-order valence-electron chi connectivity index (χ2n) is 8.38. The Morgan fingerprint density at radius 1 is 0.967 bits per heavy atom. The minimum Gasteiger partial charge on any atom is -0.481 e. The van der Waals surface area contributed by atoms with Crippen LogP contribution in [0.5, 0.6) is 0 Å². The van der Waals surface area contributed by atoms with Crippen molar-refractivity contribution >= 4 is 18.0 Å². The van der Waals surface area contributed by atoms with E-state index in [-0.39, 0.29) is 25.4 Å². The third-order valence-electron chi connectivity index (χ3n) is 4.71. The summed E-state index contributed by atoms with van der Waals surface area (Å²) in [5, 5.41) is 11.6. The molecule has 0 bridgehead atoms. The minimum absolute atomic E-state index is 0.0223. The summed E-state index contributed by atoms with van der Waals surface area (Å²) in [6, 6.07) is 8.30. The quantitative estimate of drug-likeness (QED) is 0.501. The zero-order valence-corrected chi connectivity index (χ0v) is 18.6. The normalized spacial score (nSPS) is 11.9. The van der Waals surface area contributed by atoms with Gasteiger partial charge in [0.25, 0.3) is 0 Å². The largest absolute Gasteiger partial charge is 0.481 e. The van der Waals surface area contributed by atoms with Gasteiger partial charge in [0.1, 0.15) is 12.6 Å². The maximum Gasteiger partial charge on any atom is 0.408 e. The maximum absolute atomic E-state index is 13.2. The highest BCUT2D eigenvalue weighted by Gasteiger charge is 2.27. The number of ether oxygens (including phenoxy) is 1. The van der Waals surface area contributed by atoms with Crippen molar-refractivity contribution in [2.75, 3.05) is 13.1 Å². The van der Waals surface area contributed by atoms with Crippen molar-refractivity contribution in [2.45, 2.75) is 66.0 Å². The molecule has 0 saturated carbocycles. The van der Waals surface area contributed by atoms with E-state index in [4.69, 9.17) is 9.84 Å². The highest BCUT2D eigenvalue weighted by atomic mass is 16.5. The van der Waals surface area contributed by atoms with Crippen LogP contribution in [-0.2, 0) is 20.9 Å². The molecule has 168 valence electrons. The molecule has 1 aromatic rings. The van der Waals surface area contributed by atoms with Gasteiger partial charge in [-0.05, 0) is 36.7 Å². The number of hydrogen-bond acceptors (Lipinski definition) is 4. The number of amides is 2. The van der Waals surface area contributed by atoms with E-state index in [1.54, 1.807) is 4.90 Å². The van der Waals surface area contributed by atoms with Crippen LogP contribution in [0.3, 0.4) is 0 Å². The third-order valence-corrected chi connectivity index (χ3v) is 4.71. The summed E-state index contributed by atoms with van der Waals surface area (Å²) in [7, 11) is 0. The Morgan fingerprint density at radius 2 is 1.53 bits per heavy atom. The number of carboxylic acids is 1. The third kappa shape index (κ3) is 10.8. The van der Waals surface area contributed by atoms with E-state index in [0.717, 1.165) is 18.4 Å². The summed E-state index contributed by atoms with van der Waals surface area (Å²) in [5.41, 5.74) is 0.830. The Morgan fingerprint density at radius 3 is 2.03 bits per heavy atom. The summed E-state index contributed by atoms with van der Waals surface area (Å²) >= 11 is 0. The first kappa shape index (κ1) is 25.5. The molecule has 1 rings (SSSR count). The molecule has 7 heteroatoms. The van der Waals surface area contributed by atoms with Gasteiger partial charge in [0, 0.05) is 19.5 Å². The number of carboxylic acid groups (broad SMARTS) is 1. The van der Waals surface area contributed by atoms with Crippen molar-refractivity contribution in [3.8, 4) is 0 Å². The molecule has 0 saturated heterocycles. The van der Waals surface area contributed by atoms with E-state index in [2.05, 4.69) is 33.0 Å². The molecule has 0 heterocycles. The van der Waals surface area contributed by atoms with Gasteiger partial charge in [0.2, 0.25) is 5.91 Å². The van der Waals surface area contributed by atoms with Gasteiger partial charge >= 0.3 is 12.1 Å². The lowest BCUT2D eigenvalue weighted by atomic mass is 10.1. The molecule has 2 amide bonds. The van der Waals surface area contributed by atoms with Crippen molar-refractivity contribution in [3.63, 3.8) is 0 Å². The highest BCUT2D eigenvalue weighted by Crippen LogP contribution is 2.11. The van der Waals surface area contributed by atoms with Crippen LogP contribution in [0.4, 0.5) is 4.79 Å². The van der Waals surface area contributed by atoms with Crippen LogP contribution in [0.1, 0.15) is 58.9 Å². The van der Waals surface area contributed by atoms with Gasteiger partial charge < -0.3 is 20.1 Å². The van der Waals surface area contributed by atoms with E-state index < -0.39 is 18.1 Å². The lowest BCUT2D eigenvalue weighted by molar-refractivity contribution is -0.138. The number of carbonyl (C=O) groups is 3. The van der Waals surface area contributed by atoms with E-state index in [1.165, 1.54) is 0 Å². The summed E-state index contributed by atoms with van der Waals surface area (Å²) in [6.45, 7) is 9.59. The molecule has 1 aromatic carbocycles. The van der Waals surface area contributed by atoms with E-state index >= 15 is 0 Å². The number of rotatable bonds is 13. The number of alkyl carbamates (subject to hydrolysis) is 1. The fraction of sp³-hybridized carbons (Fsp3) is 0.609. The van der Waals surface area contributed by atoms with E-state index in [1.807, 2.05) is 30.3 Å². The molecule has 0 unspecified atom stereocenters. The molecule has 0 aliphatic carbocycles. The lowest BCUT2D eigenvalue weighted by Crippen LogP contribution is -2.49. The Hall–Kier alpha value is -2.57. The molecule has 0 aliphatic heterocycles. The summed E-state index contributed by atoms with van der Waals surface area (Å²) in [5.74, 6) is -0.404. The lowest BCUT2D eigenvalue weighted by Gasteiger charge is -2.29. The Kier molecular flexibility index (Phi) is 11.6. The number of nitrogens with one attached hydrogen (secondary N) is 1. The van der Waals surface area contributed by atoms with Crippen molar-refractivity contribution in [3.05, 3.63) is 35.9 Å². The topological polar surface area (TPSA) is 95.9 Å². The van der Waals surface area contributed by atoms with Crippen LogP contribution in [0.15, 0.2) is 30.3 Å². The molecule has 1 atom stereocenters. The van der Waals surface area contributed by atoms with Crippen molar-refractivity contribution in [1.82, 2.24) is 10.2 Å². The van der Waals surface area contributed by atoms with Gasteiger partial charge in [0.15, 0.2) is 0 Å². The number of aliphatic carboxylic acids is 1. The molecule has 0 aromatic heterocycles. The Balaban J connectivity index is 2.80. The average Bonchev–Trinajstić information content (AvgIpc) is 2.69. The van der Waals surface area contributed by atoms with Crippen LogP contribution in [0, 0.1) is 11.8 Å². The number of nitrogens with zero attached hydrogens (tertiary/aromatic N) is 1. The number of hydrogen-bond donors (Lipinski definition) is 2. The molecule has 7 nitrogen and oxygen atoms in total. The molecule has 30 heavy (non-hydrogen) atoms. The number of benzene rings is 1. The molecule has 0 spiro atoms. The first-order valence-electron chi connectivity index (χ1n) is 10.7. The zero-order chi connectivity index (χ0) is 22.5. The smallest absolute Gasteiger partial charge is 0.408 e. The molecule has 0 fully saturated rings. The van der Waals surface area contributed by atoms with Gasteiger partial charge in [-0.1, -0.05) is 58.0 Å². The Labute approximate surface area is 179 Å².